The van der Waals surface area contributed by atoms with Crippen LogP contribution >= 0.6 is 0 Å². The average molecular weight is 300 g/mol. The number of guanidine groups is 1. The Morgan fingerprint density at radius 1 is 1.32 bits per heavy atom. The quantitative estimate of drug-likeness (QED) is 0.502. The van der Waals surface area contributed by atoms with Crippen LogP contribution in [0.3, 0.4) is 0 Å². The van der Waals surface area contributed by atoms with Crippen LogP contribution in [0.4, 0.5) is 0 Å². The first kappa shape index (κ1) is 14.8. The molecule has 2 aromatic heterocycles. The van der Waals surface area contributed by atoms with Crippen LogP contribution in [0.5, 0.6) is 0 Å². The van der Waals surface area contributed by atoms with Crippen LogP contribution in [0.25, 0.3) is 5.65 Å². The van der Waals surface area contributed by atoms with E-state index in [1.165, 1.54) is 25.7 Å². The standard InChI is InChI=1S/C16H24N6/c1-17-16(19-13-7-2-3-8-13)18-11-6-10-15-21-20-14-9-4-5-12-22(14)15/h4-5,9,12-13H,2-3,6-8,10-11H2,1H3,(H2,17,18,19). The number of nitrogens with zero attached hydrogens (tertiary/aromatic N) is 4. The molecule has 0 atom stereocenters. The van der Waals surface area contributed by atoms with Gasteiger partial charge in [0.2, 0.25) is 0 Å². The maximum atomic E-state index is 4.30. The summed E-state index contributed by atoms with van der Waals surface area (Å²) in [5.41, 5.74) is 0.907. The Balaban J connectivity index is 1.44. The Morgan fingerprint density at radius 2 is 2.18 bits per heavy atom. The van der Waals surface area contributed by atoms with Crippen molar-refractivity contribution in [1.82, 2.24) is 25.2 Å². The number of hydrogen-bond donors (Lipinski definition) is 2. The molecule has 0 saturated heterocycles. The second-order valence-corrected chi connectivity index (χ2v) is 5.77. The Morgan fingerprint density at radius 3 is 3.00 bits per heavy atom. The molecule has 0 aromatic carbocycles. The average Bonchev–Trinajstić information content (AvgIpc) is 3.20. The smallest absolute Gasteiger partial charge is 0.191 e. The van der Waals surface area contributed by atoms with Crippen molar-refractivity contribution in [2.45, 2.75) is 44.6 Å². The lowest BCUT2D eigenvalue weighted by Gasteiger charge is -2.16. The van der Waals surface area contributed by atoms with Gasteiger partial charge in [-0.1, -0.05) is 18.9 Å². The van der Waals surface area contributed by atoms with Gasteiger partial charge in [0, 0.05) is 32.3 Å². The third-order valence-electron chi connectivity index (χ3n) is 4.17. The fourth-order valence-corrected chi connectivity index (χ4v) is 2.97. The monoisotopic (exact) mass is 300 g/mol. The molecule has 0 spiro atoms. The van der Waals surface area contributed by atoms with Crippen LogP contribution in [0.2, 0.25) is 0 Å². The number of fused-ring (bicyclic) bond motifs is 1. The minimum absolute atomic E-state index is 0.589. The van der Waals surface area contributed by atoms with Gasteiger partial charge < -0.3 is 10.6 Å². The predicted octanol–water partition coefficient (Wildman–Crippen LogP) is 1.77. The third-order valence-corrected chi connectivity index (χ3v) is 4.17. The van der Waals surface area contributed by atoms with Gasteiger partial charge in [-0.15, -0.1) is 10.2 Å². The highest BCUT2D eigenvalue weighted by Crippen LogP contribution is 2.17. The molecule has 22 heavy (non-hydrogen) atoms. The van der Waals surface area contributed by atoms with Crippen molar-refractivity contribution in [1.29, 1.82) is 0 Å². The van der Waals surface area contributed by atoms with Gasteiger partial charge in [-0.3, -0.25) is 9.39 Å². The first-order valence-electron chi connectivity index (χ1n) is 8.12. The largest absolute Gasteiger partial charge is 0.356 e. The highest BCUT2D eigenvalue weighted by molar-refractivity contribution is 5.79. The summed E-state index contributed by atoms with van der Waals surface area (Å²) in [4.78, 5) is 4.30. The molecule has 0 amide bonds. The molecule has 0 radical (unpaired) electrons. The van der Waals surface area contributed by atoms with E-state index in [9.17, 15) is 0 Å². The molecular formula is C16H24N6. The second kappa shape index (κ2) is 7.24. The van der Waals surface area contributed by atoms with Gasteiger partial charge in [0.25, 0.3) is 0 Å². The SMILES string of the molecule is CN=C(NCCCc1nnc2ccccn12)NC1CCCC1. The van der Waals surface area contributed by atoms with Crippen LogP contribution < -0.4 is 10.6 Å². The summed E-state index contributed by atoms with van der Waals surface area (Å²) in [5.74, 6) is 1.93. The number of aromatic nitrogens is 3. The van der Waals surface area contributed by atoms with Crippen molar-refractivity contribution >= 4 is 11.6 Å². The summed E-state index contributed by atoms with van der Waals surface area (Å²) >= 11 is 0. The fourth-order valence-electron chi connectivity index (χ4n) is 2.97. The van der Waals surface area contributed by atoms with Gasteiger partial charge in [0.15, 0.2) is 11.6 Å². The zero-order chi connectivity index (χ0) is 15.2. The Hall–Kier alpha value is -2.11. The summed E-state index contributed by atoms with van der Waals surface area (Å²) in [6.45, 7) is 0.883. The van der Waals surface area contributed by atoms with Gasteiger partial charge in [0.05, 0.1) is 0 Å². The zero-order valence-corrected chi connectivity index (χ0v) is 13.1. The van der Waals surface area contributed by atoms with Crippen LogP contribution in [0.15, 0.2) is 29.4 Å². The molecule has 0 unspecified atom stereocenters. The second-order valence-electron chi connectivity index (χ2n) is 5.77. The maximum Gasteiger partial charge on any atom is 0.191 e. The normalized spacial score (nSPS) is 16.3. The fraction of sp³-hybridized carbons (Fsp3) is 0.562. The molecule has 0 bridgehead atoms. The summed E-state index contributed by atoms with van der Waals surface area (Å²) in [6, 6.07) is 6.55. The number of pyridine rings is 1. The molecule has 2 heterocycles. The van der Waals surface area contributed by atoms with E-state index in [1.54, 1.807) is 0 Å². The molecule has 6 nitrogen and oxygen atoms in total. The van der Waals surface area contributed by atoms with Crippen molar-refractivity contribution in [3.63, 3.8) is 0 Å². The first-order chi connectivity index (χ1) is 10.9. The van der Waals surface area contributed by atoms with E-state index in [0.29, 0.717) is 6.04 Å². The number of aliphatic imine (C=N–C) groups is 1. The van der Waals surface area contributed by atoms with Crippen molar-refractivity contribution in [2.75, 3.05) is 13.6 Å². The Bertz CT molecular complexity index is 626. The van der Waals surface area contributed by atoms with Crippen LogP contribution in [-0.4, -0.2) is 40.2 Å². The molecule has 0 aliphatic heterocycles. The molecule has 2 N–H and O–H groups in total. The predicted molar refractivity (Wildman–Crippen MR) is 88.1 cm³/mol. The van der Waals surface area contributed by atoms with E-state index in [4.69, 9.17) is 0 Å². The minimum Gasteiger partial charge on any atom is -0.356 e. The topological polar surface area (TPSA) is 66.6 Å². The van der Waals surface area contributed by atoms with E-state index in [-0.39, 0.29) is 0 Å². The molecule has 1 saturated carbocycles. The molecule has 6 heteroatoms. The van der Waals surface area contributed by atoms with E-state index in [0.717, 1.165) is 36.8 Å². The molecule has 1 aliphatic rings. The van der Waals surface area contributed by atoms with Crippen molar-refractivity contribution < 1.29 is 0 Å². The molecule has 2 aromatic rings. The van der Waals surface area contributed by atoms with Crippen LogP contribution in [0.1, 0.15) is 37.9 Å². The zero-order valence-electron chi connectivity index (χ0n) is 13.1. The summed E-state index contributed by atoms with van der Waals surface area (Å²) in [5, 5.41) is 15.3. The van der Waals surface area contributed by atoms with Crippen LogP contribution in [0, 0.1) is 0 Å². The third kappa shape index (κ3) is 3.55. The van der Waals surface area contributed by atoms with E-state index < -0.39 is 0 Å². The van der Waals surface area contributed by atoms with Gasteiger partial charge in [-0.05, 0) is 31.4 Å². The number of rotatable bonds is 5. The summed E-state index contributed by atoms with van der Waals surface area (Å²) in [6.07, 6.45) is 9.08. The lowest BCUT2D eigenvalue weighted by atomic mass is 10.2. The molecule has 118 valence electrons. The molecule has 1 fully saturated rings. The molecular weight excluding hydrogens is 276 g/mol. The minimum atomic E-state index is 0.589. The number of nitrogens with one attached hydrogen (secondary N) is 2. The van der Waals surface area contributed by atoms with Gasteiger partial charge in [-0.25, -0.2) is 0 Å². The maximum absolute atomic E-state index is 4.30. The van der Waals surface area contributed by atoms with E-state index >= 15 is 0 Å². The Kier molecular flexibility index (Phi) is 4.88. The van der Waals surface area contributed by atoms with Crippen molar-refractivity contribution in [3.05, 3.63) is 30.2 Å². The number of aryl methyl sites for hydroxylation is 1. The van der Waals surface area contributed by atoms with Gasteiger partial charge >= 0.3 is 0 Å². The highest BCUT2D eigenvalue weighted by atomic mass is 15.2. The highest BCUT2D eigenvalue weighted by Gasteiger charge is 2.15. The number of hydrogen-bond acceptors (Lipinski definition) is 3. The Labute approximate surface area is 131 Å². The van der Waals surface area contributed by atoms with Crippen molar-refractivity contribution in [2.24, 2.45) is 4.99 Å². The van der Waals surface area contributed by atoms with Crippen molar-refractivity contribution in [3.8, 4) is 0 Å². The van der Waals surface area contributed by atoms with E-state index in [1.807, 2.05) is 35.8 Å². The molecule has 3 rings (SSSR count). The van der Waals surface area contributed by atoms with E-state index in [2.05, 4.69) is 25.8 Å². The lowest BCUT2D eigenvalue weighted by Crippen LogP contribution is -2.42. The van der Waals surface area contributed by atoms with Gasteiger partial charge in [-0.2, -0.15) is 0 Å². The van der Waals surface area contributed by atoms with Crippen LogP contribution in [-0.2, 0) is 6.42 Å². The summed E-state index contributed by atoms with van der Waals surface area (Å²) < 4.78 is 2.05. The lowest BCUT2D eigenvalue weighted by molar-refractivity contribution is 0.609. The molecule has 1 aliphatic carbocycles. The van der Waals surface area contributed by atoms with Gasteiger partial charge in [0.1, 0.15) is 5.82 Å². The summed E-state index contributed by atoms with van der Waals surface area (Å²) in [7, 11) is 1.83. The first-order valence-corrected chi connectivity index (χ1v) is 8.12.